The third-order valence-electron chi connectivity index (χ3n) is 5.34. The van der Waals surface area contributed by atoms with Gasteiger partial charge in [-0.15, -0.1) is 0 Å². The first-order valence-corrected chi connectivity index (χ1v) is 10.6. The summed E-state index contributed by atoms with van der Waals surface area (Å²) in [7, 11) is 1.61. The van der Waals surface area contributed by atoms with Crippen LogP contribution in [0.5, 0.6) is 5.75 Å². The quantitative estimate of drug-likeness (QED) is 0.533. The molecule has 0 spiro atoms. The maximum atomic E-state index is 12.6. The van der Waals surface area contributed by atoms with Gasteiger partial charge in [-0.25, -0.2) is 0 Å². The van der Waals surface area contributed by atoms with Crippen molar-refractivity contribution in [3.8, 4) is 5.75 Å². The Bertz CT molecular complexity index is 1100. The van der Waals surface area contributed by atoms with Crippen molar-refractivity contribution >= 4 is 23.0 Å². The molecule has 0 atom stereocenters. The molecule has 1 aliphatic rings. The molecule has 1 N–H and O–H groups in total. The number of rotatable bonds is 5. The summed E-state index contributed by atoms with van der Waals surface area (Å²) < 4.78 is 5.16. The molecule has 1 amide bonds. The zero-order chi connectivity index (χ0) is 21.5. The van der Waals surface area contributed by atoms with Crippen LogP contribution in [0.1, 0.15) is 47.2 Å². The van der Waals surface area contributed by atoms with Gasteiger partial charge >= 0.3 is 0 Å². The number of nitrogens with one attached hydrogen (secondary N) is 1. The first-order chi connectivity index (χ1) is 15.2. The largest absolute Gasteiger partial charge is 0.497 e. The topological polar surface area (TPSA) is 50.7 Å². The number of hydrogen-bond acceptors (Lipinski definition) is 3. The van der Waals surface area contributed by atoms with Gasteiger partial charge in [-0.3, -0.25) is 9.79 Å². The van der Waals surface area contributed by atoms with E-state index in [2.05, 4.69) is 35.7 Å². The van der Waals surface area contributed by atoms with E-state index in [0.29, 0.717) is 5.56 Å². The Morgan fingerprint density at radius 3 is 2.45 bits per heavy atom. The molecule has 0 fully saturated rings. The van der Waals surface area contributed by atoms with Crippen LogP contribution >= 0.6 is 0 Å². The number of ether oxygens (including phenoxy) is 1. The predicted molar refractivity (Wildman–Crippen MR) is 127 cm³/mol. The van der Waals surface area contributed by atoms with Crippen molar-refractivity contribution < 1.29 is 9.53 Å². The minimum absolute atomic E-state index is 0.153. The fourth-order valence-electron chi connectivity index (χ4n) is 3.65. The predicted octanol–water partition coefficient (Wildman–Crippen LogP) is 6.35. The van der Waals surface area contributed by atoms with Gasteiger partial charge in [-0.05, 0) is 67.6 Å². The summed E-state index contributed by atoms with van der Waals surface area (Å²) in [6.45, 7) is 0. The maximum absolute atomic E-state index is 12.6. The normalized spacial score (nSPS) is 17.3. The fraction of sp³-hybridized carbons (Fsp3) is 0.185. The number of carbonyl (C=O) groups excluding carboxylic acids is 1. The number of anilines is 1. The lowest BCUT2D eigenvalue weighted by Crippen LogP contribution is -2.11. The van der Waals surface area contributed by atoms with Gasteiger partial charge in [0.15, 0.2) is 0 Å². The van der Waals surface area contributed by atoms with Crippen LogP contribution in [-0.4, -0.2) is 18.7 Å². The molecule has 1 heterocycles. The van der Waals surface area contributed by atoms with E-state index in [9.17, 15) is 4.79 Å². The highest BCUT2D eigenvalue weighted by Crippen LogP contribution is 2.25. The summed E-state index contributed by atoms with van der Waals surface area (Å²) in [5.74, 6) is 0.571. The molecule has 4 nitrogen and oxygen atoms in total. The molecule has 4 heteroatoms. The lowest BCUT2D eigenvalue weighted by atomic mass is 10.0. The van der Waals surface area contributed by atoms with Crippen LogP contribution < -0.4 is 10.1 Å². The molecule has 0 saturated heterocycles. The lowest BCUT2D eigenvalue weighted by Gasteiger charge is -2.14. The molecule has 0 bridgehead atoms. The van der Waals surface area contributed by atoms with E-state index in [4.69, 9.17) is 9.73 Å². The summed E-state index contributed by atoms with van der Waals surface area (Å²) in [6.07, 6.45) is 6.45. The molecular weight excluding hydrogens is 384 g/mol. The SMILES string of the molecule is COc1ccc(C(=O)Nc2cccc(C3=C/CCCC/C(c4ccccc4)=N\3)c2)cc1. The second kappa shape index (κ2) is 9.90. The zero-order valence-electron chi connectivity index (χ0n) is 17.7. The average molecular weight is 411 g/mol. The smallest absolute Gasteiger partial charge is 0.255 e. The van der Waals surface area contributed by atoms with E-state index in [0.717, 1.165) is 54.1 Å². The minimum Gasteiger partial charge on any atom is -0.497 e. The van der Waals surface area contributed by atoms with Gasteiger partial charge in [0.1, 0.15) is 5.75 Å². The molecule has 0 unspecified atom stereocenters. The minimum atomic E-state index is -0.153. The number of aliphatic imine (C=N–C) groups is 1. The number of nitrogens with zero attached hydrogens (tertiary/aromatic N) is 1. The molecule has 0 aliphatic carbocycles. The Morgan fingerprint density at radius 2 is 1.68 bits per heavy atom. The number of allylic oxidation sites excluding steroid dienone is 1. The highest BCUT2D eigenvalue weighted by Gasteiger charge is 2.11. The lowest BCUT2D eigenvalue weighted by molar-refractivity contribution is 0.102. The number of benzene rings is 3. The summed E-state index contributed by atoms with van der Waals surface area (Å²) >= 11 is 0. The first-order valence-electron chi connectivity index (χ1n) is 10.6. The Morgan fingerprint density at radius 1 is 0.903 bits per heavy atom. The second-order valence-corrected chi connectivity index (χ2v) is 7.52. The number of hydrogen-bond donors (Lipinski definition) is 1. The van der Waals surface area contributed by atoms with Gasteiger partial charge in [0.2, 0.25) is 0 Å². The molecule has 3 aromatic rings. The average Bonchev–Trinajstić information content (AvgIpc) is 2.80. The number of amides is 1. The van der Waals surface area contributed by atoms with Crippen molar-refractivity contribution in [1.82, 2.24) is 0 Å². The van der Waals surface area contributed by atoms with Gasteiger partial charge in [0.25, 0.3) is 5.91 Å². The van der Waals surface area contributed by atoms with Gasteiger partial charge in [-0.1, -0.05) is 48.5 Å². The number of carbonyl (C=O) groups is 1. The Kier molecular flexibility index (Phi) is 6.58. The van der Waals surface area contributed by atoms with Crippen molar-refractivity contribution in [2.75, 3.05) is 12.4 Å². The van der Waals surface area contributed by atoms with Crippen molar-refractivity contribution in [3.63, 3.8) is 0 Å². The molecule has 0 saturated carbocycles. The molecule has 0 aromatic heterocycles. The van der Waals surface area contributed by atoms with Crippen LogP contribution in [0.2, 0.25) is 0 Å². The van der Waals surface area contributed by atoms with Gasteiger partial charge in [0.05, 0.1) is 12.8 Å². The molecule has 1 aliphatic heterocycles. The Labute approximate surface area is 183 Å². The van der Waals surface area contributed by atoms with Crippen molar-refractivity contribution in [1.29, 1.82) is 0 Å². The Balaban J connectivity index is 1.58. The number of methoxy groups -OCH3 is 1. The van der Waals surface area contributed by atoms with Gasteiger partial charge in [0, 0.05) is 22.5 Å². The highest BCUT2D eigenvalue weighted by atomic mass is 16.5. The molecule has 0 radical (unpaired) electrons. The van der Waals surface area contributed by atoms with Crippen LogP contribution in [0.25, 0.3) is 5.70 Å². The van der Waals surface area contributed by atoms with E-state index in [1.54, 1.807) is 31.4 Å². The standard InChI is InChI=1S/C27H26N2O2/c1-31-24-17-15-21(16-18-24)27(30)28-23-12-8-11-22(19-23)26-14-7-3-6-13-25(29-26)20-9-4-2-5-10-20/h2,4-5,8-12,14-19H,3,6-7,13H2,1H3,(H,28,30)/b26-14-,29-25+. The van der Waals surface area contributed by atoms with Crippen LogP contribution in [0.3, 0.4) is 0 Å². The van der Waals surface area contributed by atoms with E-state index >= 15 is 0 Å². The van der Waals surface area contributed by atoms with Crippen LogP contribution in [0, 0.1) is 0 Å². The third-order valence-corrected chi connectivity index (χ3v) is 5.34. The summed E-state index contributed by atoms with van der Waals surface area (Å²) in [4.78, 5) is 17.7. The monoisotopic (exact) mass is 410 g/mol. The van der Waals surface area contributed by atoms with Crippen LogP contribution in [-0.2, 0) is 0 Å². The van der Waals surface area contributed by atoms with Crippen LogP contribution in [0.4, 0.5) is 5.69 Å². The van der Waals surface area contributed by atoms with E-state index < -0.39 is 0 Å². The second-order valence-electron chi connectivity index (χ2n) is 7.52. The molecule has 31 heavy (non-hydrogen) atoms. The third kappa shape index (κ3) is 5.28. The Hall–Kier alpha value is -3.66. The maximum Gasteiger partial charge on any atom is 0.255 e. The molecular formula is C27H26N2O2. The zero-order valence-corrected chi connectivity index (χ0v) is 17.7. The fourth-order valence-corrected chi connectivity index (χ4v) is 3.65. The summed E-state index contributed by atoms with van der Waals surface area (Å²) in [5.41, 5.74) is 5.57. The van der Waals surface area contributed by atoms with Gasteiger partial charge in [-0.2, -0.15) is 0 Å². The van der Waals surface area contributed by atoms with Crippen molar-refractivity contribution in [2.45, 2.75) is 25.7 Å². The van der Waals surface area contributed by atoms with E-state index in [-0.39, 0.29) is 5.91 Å². The van der Waals surface area contributed by atoms with E-state index in [1.807, 2.05) is 30.3 Å². The summed E-state index contributed by atoms with van der Waals surface area (Å²) in [6, 6.07) is 25.3. The van der Waals surface area contributed by atoms with Crippen molar-refractivity contribution in [2.24, 2.45) is 4.99 Å². The molecule has 156 valence electrons. The van der Waals surface area contributed by atoms with Crippen LogP contribution in [0.15, 0.2) is 89.9 Å². The molecule has 3 aromatic carbocycles. The highest BCUT2D eigenvalue weighted by molar-refractivity contribution is 6.05. The van der Waals surface area contributed by atoms with Gasteiger partial charge < -0.3 is 10.1 Å². The summed E-state index contributed by atoms with van der Waals surface area (Å²) in [5, 5.41) is 2.99. The van der Waals surface area contributed by atoms with E-state index in [1.165, 1.54) is 5.56 Å². The molecule has 4 rings (SSSR count). The first kappa shape index (κ1) is 20.6. The van der Waals surface area contributed by atoms with Crippen molar-refractivity contribution in [3.05, 3.63) is 102 Å².